The molecule has 25 heavy (non-hydrogen) atoms. The first kappa shape index (κ1) is 18.5. The molecule has 1 atom stereocenters. The summed E-state index contributed by atoms with van der Waals surface area (Å²) in [5.41, 5.74) is 1.11. The van der Waals surface area contributed by atoms with Crippen LogP contribution in [0.4, 0.5) is 0 Å². The van der Waals surface area contributed by atoms with E-state index in [9.17, 15) is 0 Å². The quantitative estimate of drug-likeness (QED) is 0.720. The maximum atomic E-state index is 6.27. The van der Waals surface area contributed by atoms with Gasteiger partial charge in [0, 0.05) is 49.2 Å². The molecule has 1 unspecified atom stereocenters. The van der Waals surface area contributed by atoms with Gasteiger partial charge >= 0.3 is 0 Å². The number of hydrogen-bond donors (Lipinski definition) is 0. The Kier molecular flexibility index (Phi) is 6.60. The Hall–Kier alpha value is -1.26. The highest BCUT2D eigenvalue weighted by atomic mass is 35.5. The van der Waals surface area contributed by atoms with Gasteiger partial charge < -0.3 is 14.5 Å². The van der Waals surface area contributed by atoms with Crippen LogP contribution in [0.2, 0.25) is 10.0 Å². The zero-order valence-corrected chi connectivity index (χ0v) is 16.0. The Morgan fingerprint density at radius 1 is 0.960 bits per heavy atom. The van der Waals surface area contributed by atoms with Crippen molar-refractivity contribution in [1.82, 2.24) is 9.80 Å². The number of benzene rings is 2. The van der Waals surface area contributed by atoms with E-state index < -0.39 is 0 Å². The van der Waals surface area contributed by atoms with Crippen LogP contribution in [0.15, 0.2) is 48.5 Å². The second-order valence-electron chi connectivity index (χ2n) is 6.55. The van der Waals surface area contributed by atoms with Gasteiger partial charge in [-0.25, -0.2) is 0 Å². The van der Waals surface area contributed by atoms with Crippen molar-refractivity contribution in [1.29, 1.82) is 0 Å². The van der Waals surface area contributed by atoms with Gasteiger partial charge in [0.25, 0.3) is 0 Å². The third-order valence-electron chi connectivity index (χ3n) is 4.62. The van der Waals surface area contributed by atoms with E-state index in [0.717, 1.165) is 55.5 Å². The zero-order chi connectivity index (χ0) is 17.6. The summed E-state index contributed by atoms with van der Waals surface area (Å²) in [5, 5.41) is 1.45. The zero-order valence-electron chi connectivity index (χ0n) is 14.5. The molecule has 0 N–H and O–H groups in total. The molecule has 5 heteroatoms. The van der Waals surface area contributed by atoms with Gasteiger partial charge in [-0.05, 0) is 49.0 Å². The van der Waals surface area contributed by atoms with Crippen molar-refractivity contribution >= 4 is 23.2 Å². The Morgan fingerprint density at radius 2 is 1.68 bits per heavy atom. The number of likely N-dealkylation sites (N-methyl/N-ethyl adjacent to an activating group) is 1. The molecule has 0 saturated carbocycles. The van der Waals surface area contributed by atoms with Crippen LogP contribution in [0.25, 0.3) is 0 Å². The molecule has 134 valence electrons. The lowest BCUT2D eigenvalue weighted by Crippen LogP contribution is -2.45. The molecule has 1 aliphatic heterocycles. The summed E-state index contributed by atoms with van der Waals surface area (Å²) in [5.74, 6) is 0.827. The fourth-order valence-electron chi connectivity index (χ4n) is 3.05. The average molecular weight is 379 g/mol. The molecular formula is C20H24Cl2N2O. The molecule has 0 bridgehead atoms. The van der Waals surface area contributed by atoms with E-state index in [2.05, 4.69) is 22.9 Å². The smallest absolute Gasteiger partial charge is 0.125 e. The highest BCUT2D eigenvalue weighted by Crippen LogP contribution is 2.28. The Labute approximate surface area is 160 Å². The van der Waals surface area contributed by atoms with E-state index in [1.54, 1.807) is 0 Å². The summed E-state index contributed by atoms with van der Waals surface area (Å²) < 4.78 is 6.27. The molecule has 2 aromatic rings. The van der Waals surface area contributed by atoms with Gasteiger partial charge in [0.2, 0.25) is 0 Å². The van der Waals surface area contributed by atoms with Crippen LogP contribution in [-0.4, -0.2) is 49.6 Å². The number of nitrogens with zero attached hydrogens (tertiary/aromatic N) is 2. The largest absolute Gasteiger partial charge is 0.486 e. The molecule has 0 radical (unpaired) electrons. The van der Waals surface area contributed by atoms with Gasteiger partial charge in [0.15, 0.2) is 0 Å². The topological polar surface area (TPSA) is 15.7 Å². The molecular weight excluding hydrogens is 355 g/mol. The van der Waals surface area contributed by atoms with Crippen molar-refractivity contribution in [3.63, 3.8) is 0 Å². The highest BCUT2D eigenvalue weighted by molar-refractivity contribution is 6.30. The molecule has 1 aliphatic rings. The van der Waals surface area contributed by atoms with E-state index in [1.165, 1.54) is 0 Å². The monoisotopic (exact) mass is 378 g/mol. The van der Waals surface area contributed by atoms with Crippen molar-refractivity contribution in [3.05, 3.63) is 64.1 Å². The molecule has 1 fully saturated rings. The first-order valence-corrected chi connectivity index (χ1v) is 9.44. The van der Waals surface area contributed by atoms with Crippen LogP contribution in [0, 0.1) is 0 Å². The maximum Gasteiger partial charge on any atom is 0.125 e. The summed E-state index contributed by atoms with van der Waals surface area (Å²) >= 11 is 12.2. The van der Waals surface area contributed by atoms with Crippen molar-refractivity contribution in [3.8, 4) is 5.75 Å². The molecule has 0 amide bonds. The normalized spacial score (nSPS) is 17.4. The van der Waals surface area contributed by atoms with Crippen LogP contribution in [-0.2, 0) is 0 Å². The number of piperazine rings is 1. The van der Waals surface area contributed by atoms with Crippen molar-refractivity contribution in [2.24, 2.45) is 0 Å². The molecule has 1 saturated heterocycles. The van der Waals surface area contributed by atoms with Crippen LogP contribution < -0.4 is 4.74 Å². The lowest BCUT2D eigenvalue weighted by Gasteiger charge is -2.33. The minimum Gasteiger partial charge on any atom is -0.486 e. The van der Waals surface area contributed by atoms with Gasteiger partial charge in [-0.2, -0.15) is 0 Å². The Bertz CT molecular complexity index is 670. The van der Waals surface area contributed by atoms with Gasteiger partial charge in [-0.3, -0.25) is 0 Å². The van der Waals surface area contributed by atoms with E-state index in [-0.39, 0.29) is 6.10 Å². The molecule has 2 aromatic carbocycles. The molecule has 1 heterocycles. The van der Waals surface area contributed by atoms with Gasteiger partial charge in [0.1, 0.15) is 11.9 Å². The third-order valence-corrected chi connectivity index (χ3v) is 5.10. The first-order chi connectivity index (χ1) is 12.1. The summed E-state index contributed by atoms with van der Waals surface area (Å²) in [4.78, 5) is 4.87. The molecule has 0 spiro atoms. The summed E-state index contributed by atoms with van der Waals surface area (Å²) in [6.45, 7) is 5.48. The fraction of sp³-hybridized carbons (Fsp3) is 0.400. The van der Waals surface area contributed by atoms with E-state index in [4.69, 9.17) is 27.9 Å². The van der Waals surface area contributed by atoms with E-state index in [0.29, 0.717) is 5.02 Å². The third kappa shape index (κ3) is 5.61. The molecule has 0 aromatic heterocycles. The van der Waals surface area contributed by atoms with Crippen molar-refractivity contribution < 1.29 is 4.74 Å². The fourth-order valence-corrected chi connectivity index (χ4v) is 3.37. The standard InChI is InChI=1S/C20H24Cl2N2O/c1-23-11-13-24(14-12-23)10-9-20(16-3-2-4-18(22)15-16)25-19-7-5-17(21)6-8-19/h2-8,15,20H,9-14H2,1H3. The lowest BCUT2D eigenvalue weighted by molar-refractivity contribution is 0.123. The van der Waals surface area contributed by atoms with Gasteiger partial charge in [0.05, 0.1) is 0 Å². The van der Waals surface area contributed by atoms with Crippen molar-refractivity contribution in [2.75, 3.05) is 39.8 Å². The van der Waals surface area contributed by atoms with Gasteiger partial charge in [-0.1, -0.05) is 35.3 Å². The average Bonchev–Trinajstić information content (AvgIpc) is 2.61. The van der Waals surface area contributed by atoms with Crippen LogP contribution >= 0.6 is 23.2 Å². The number of rotatable bonds is 6. The van der Waals surface area contributed by atoms with Gasteiger partial charge in [-0.15, -0.1) is 0 Å². The summed E-state index contributed by atoms with van der Waals surface area (Å²) in [7, 11) is 2.18. The minimum absolute atomic E-state index is 0.0282. The summed E-state index contributed by atoms with van der Waals surface area (Å²) in [6.07, 6.45) is 0.895. The van der Waals surface area contributed by atoms with Crippen LogP contribution in [0.5, 0.6) is 5.75 Å². The first-order valence-electron chi connectivity index (χ1n) is 8.69. The number of ether oxygens (including phenoxy) is 1. The van der Waals surface area contributed by atoms with Crippen LogP contribution in [0.1, 0.15) is 18.1 Å². The number of halogens is 2. The molecule has 0 aliphatic carbocycles. The van der Waals surface area contributed by atoms with Crippen LogP contribution in [0.3, 0.4) is 0 Å². The minimum atomic E-state index is -0.0282. The van der Waals surface area contributed by atoms with Crippen molar-refractivity contribution in [2.45, 2.75) is 12.5 Å². The molecule has 3 rings (SSSR count). The second-order valence-corrected chi connectivity index (χ2v) is 7.42. The lowest BCUT2D eigenvalue weighted by atomic mass is 10.1. The number of hydrogen-bond acceptors (Lipinski definition) is 3. The second kappa shape index (κ2) is 8.91. The Balaban J connectivity index is 1.68. The SMILES string of the molecule is CN1CCN(CCC(Oc2ccc(Cl)cc2)c2cccc(Cl)c2)CC1. The maximum absolute atomic E-state index is 6.27. The predicted molar refractivity (Wildman–Crippen MR) is 105 cm³/mol. The van der Waals surface area contributed by atoms with E-state index >= 15 is 0 Å². The Morgan fingerprint density at radius 3 is 2.36 bits per heavy atom. The molecule has 3 nitrogen and oxygen atoms in total. The summed E-state index contributed by atoms with van der Waals surface area (Å²) in [6, 6.07) is 15.5. The van der Waals surface area contributed by atoms with E-state index in [1.807, 2.05) is 42.5 Å². The highest BCUT2D eigenvalue weighted by Gasteiger charge is 2.18. The predicted octanol–water partition coefficient (Wildman–Crippen LogP) is 4.75.